The molecule has 2 aromatic rings. The third kappa shape index (κ3) is 2.22. The van der Waals surface area contributed by atoms with Crippen LogP contribution in [-0.2, 0) is 11.3 Å². The fourth-order valence-electron chi connectivity index (χ4n) is 1.43. The van der Waals surface area contributed by atoms with Crippen LogP contribution in [0.15, 0.2) is 29.3 Å². The molecule has 0 saturated carbocycles. The minimum Gasteiger partial charge on any atom is -0.480 e. The molecule has 0 spiro atoms. The number of hydrogen-bond acceptors (Lipinski definition) is 4. The van der Waals surface area contributed by atoms with Gasteiger partial charge in [0, 0.05) is 18.5 Å². The standard InChI is InChI=1S/C10H10N4O3/c1-7-11-4-5-13(7)8-2-3-9(15)14(12-8)6-10(16)17/h2-5H,6H2,1H3,(H,16,17). The Labute approximate surface area is 96.0 Å². The number of carboxylic acid groups (broad SMARTS) is 1. The van der Waals surface area contributed by atoms with Crippen molar-refractivity contribution in [1.82, 2.24) is 19.3 Å². The first-order chi connectivity index (χ1) is 8.08. The zero-order valence-electron chi connectivity index (χ0n) is 9.07. The summed E-state index contributed by atoms with van der Waals surface area (Å²) in [7, 11) is 0. The maximum atomic E-state index is 11.4. The predicted molar refractivity (Wildman–Crippen MR) is 58.0 cm³/mol. The Balaban J connectivity index is 2.48. The van der Waals surface area contributed by atoms with Crippen molar-refractivity contribution in [3.63, 3.8) is 0 Å². The minimum absolute atomic E-state index is 0.450. The van der Waals surface area contributed by atoms with Gasteiger partial charge in [-0.2, -0.15) is 5.10 Å². The summed E-state index contributed by atoms with van der Waals surface area (Å²) in [5.41, 5.74) is -0.450. The second-order valence-electron chi connectivity index (χ2n) is 3.43. The summed E-state index contributed by atoms with van der Waals surface area (Å²) in [6.45, 7) is 1.33. The fraction of sp³-hybridized carbons (Fsp3) is 0.200. The Morgan fingerprint density at radius 1 is 1.47 bits per heavy atom. The number of aryl methyl sites for hydroxylation is 1. The van der Waals surface area contributed by atoms with Gasteiger partial charge in [0.25, 0.3) is 5.56 Å². The van der Waals surface area contributed by atoms with E-state index < -0.39 is 18.1 Å². The van der Waals surface area contributed by atoms with Crippen LogP contribution in [0.5, 0.6) is 0 Å². The lowest BCUT2D eigenvalue weighted by Gasteiger charge is -2.06. The Kier molecular flexibility index (Phi) is 2.73. The Bertz CT molecular complexity index is 614. The van der Waals surface area contributed by atoms with Gasteiger partial charge in [-0.3, -0.25) is 14.2 Å². The third-order valence-electron chi connectivity index (χ3n) is 2.21. The van der Waals surface area contributed by atoms with Crippen molar-refractivity contribution in [3.05, 3.63) is 40.7 Å². The van der Waals surface area contributed by atoms with Crippen LogP contribution in [0.4, 0.5) is 0 Å². The average molecular weight is 234 g/mol. The molecule has 0 atom stereocenters. The summed E-state index contributed by atoms with van der Waals surface area (Å²) < 4.78 is 2.56. The van der Waals surface area contributed by atoms with Crippen molar-refractivity contribution in [2.75, 3.05) is 0 Å². The molecule has 0 aliphatic heterocycles. The van der Waals surface area contributed by atoms with Crippen molar-refractivity contribution in [1.29, 1.82) is 0 Å². The van der Waals surface area contributed by atoms with Crippen LogP contribution < -0.4 is 5.56 Å². The summed E-state index contributed by atoms with van der Waals surface area (Å²) in [6, 6.07) is 2.81. The predicted octanol–water partition coefficient (Wildman–Crippen LogP) is -0.178. The molecule has 2 heterocycles. The number of rotatable bonds is 3. The number of carboxylic acids is 1. The molecule has 88 valence electrons. The normalized spacial score (nSPS) is 10.4. The highest BCUT2D eigenvalue weighted by Gasteiger charge is 2.07. The smallest absolute Gasteiger partial charge is 0.325 e. The van der Waals surface area contributed by atoms with Crippen molar-refractivity contribution in [2.24, 2.45) is 0 Å². The maximum absolute atomic E-state index is 11.4. The van der Waals surface area contributed by atoms with E-state index in [4.69, 9.17) is 5.11 Å². The van der Waals surface area contributed by atoms with Gasteiger partial charge in [-0.1, -0.05) is 0 Å². The van der Waals surface area contributed by atoms with Crippen LogP contribution in [0.3, 0.4) is 0 Å². The second-order valence-corrected chi connectivity index (χ2v) is 3.43. The number of hydrogen-bond donors (Lipinski definition) is 1. The average Bonchev–Trinajstić information content (AvgIpc) is 2.67. The van der Waals surface area contributed by atoms with Crippen LogP contribution >= 0.6 is 0 Å². The summed E-state index contributed by atoms with van der Waals surface area (Å²) >= 11 is 0. The molecule has 0 radical (unpaired) electrons. The van der Waals surface area contributed by atoms with Gasteiger partial charge < -0.3 is 5.11 Å². The monoisotopic (exact) mass is 234 g/mol. The molecular formula is C10H10N4O3. The van der Waals surface area contributed by atoms with E-state index in [9.17, 15) is 9.59 Å². The van der Waals surface area contributed by atoms with E-state index in [0.717, 1.165) is 4.68 Å². The zero-order valence-corrected chi connectivity index (χ0v) is 9.07. The Morgan fingerprint density at radius 2 is 2.24 bits per heavy atom. The highest BCUT2D eigenvalue weighted by Crippen LogP contribution is 2.04. The summed E-state index contributed by atoms with van der Waals surface area (Å²) in [6.07, 6.45) is 3.29. The molecule has 0 aromatic carbocycles. The van der Waals surface area contributed by atoms with Gasteiger partial charge in [-0.05, 0) is 13.0 Å². The van der Waals surface area contributed by atoms with Crippen LogP contribution in [0.1, 0.15) is 5.82 Å². The highest BCUT2D eigenvalue weighted by molar-refractivity contribution is 5.66. The van der Waals surface area contributed by atoms with Gasteiger partial charge in [-0.25, -0.2) is 9.67 Å². The van der Waals surface area contributed by atoms with Crippen molar-refractivity contribution >= 4 is 5.97 Å². The lowest BCUT2D eigenvalue weighted by molar-refractivity contribution is -0.138. The summed E-state index contributed by atoms with van der Waals surface area (Å²) in [4.78, 5) is 26.0. The van der Waals surface area contributed by atoms with Gasteiger partial charge in [0.2, 0.25) is 0 Å². The van der Waals surface area contributed by atoms with Gasteiger partial charge in [-0.15, -0.1) is 0 Å². The molecule has 0 saturated heterocycles. The van der Waals surface area contributed by atoms with Crippen LogP contribution in [0.25, 0.3) is 5.82 Å². The largest absolute Gasteiger partial charge is 0.480 e. The quantitative estimate of drug-likeness (QED) is 0.795. The topological polar surface area (TPSA) is 90.0 Å². The molecule has 2 rings (SSSR count). The van der Waals surface area contributed by atoms with E-state index in [1.165, 1.54) is 12.1 Å². The van der Waals surface area contributed by atoms with E-state index in [1.54, 1.807) is 23.9 Å². The Hall–Kier alpha value is -2.44. The molecule has 0 aliphatic rings. The molecule has 7 heteroatoms. The van der Waals surface area contributed by atoms with Crippen LogP contribution in [0, 0.1) is 6.92 Å². The highest BCUT2D eigenvalue weighted by atomic mass is 16.4. The SMILES string of the molecule is Cc1nccn1-c1ccc(=O)n(CC(=O)O)n1. The molecule has 0 aliphatic carbocycles. The van der Waals surface area contributed by atoms with Crippen molar-refractivity contribution in [3.8, 4) is 5.82 Å². The molecule has 1 N–H and O–H groups in total. The number of aliphatic carboxylic acids is 1. The molecule has 0 bridgehead atoms. The van der Waals surface area contributed by atoms with E-state index in [2.05, 4.69) is 10.1 Å². The lowest BCUT2D eigenvalue weighted by Crippen LogP contribution is -2.26. The van der Waals surface area contributed by atoms with E-state index in [1.807, 2.05) is 0 Å². The third-order valence-corrected chi connectivity index (χ3v) is 2.21. The van der Waals surface area contributed by atoms with E-state index in [-0.39, 0.29) is 0 Å². The Morgan fingerprint density at radius 3 is 2.82 bits per heavy atom. The summed E-state index contributed by atoms with van der Waals surface area (Å²) in [5.74, 6) is 0.0537. The minimum atomic E-state index is -1.11. The first-order valence-electron chi connectivity index (χ1n) is 4.88. The van der Waals surface area contributed by atoms with Gasteiger partial charge >= 0.3 is 5.97 Å². The summed E-state index contributed by atoms with van der Waals surface area (Å²) in [5, 5.41) is 12.6. The lowest BCUT2D eigenvalue weighted by atomic mass is 10.5. The number of nitrogens with zero attached hydrogens (tertiary/aromatic N) is 4. The van der Waals surface area contributed by atoms with Crippen LogP contribution in [0.2, 0.25) is 0 Å². The second kappa shape index (κ2) is 4.20. The molecule has 0 fully saturated rings. The number of imidazole rings is 1. The zero-order chi connectivity index (χ0) is 12.4. The number of carbonyl (C=O) groups is 1. The molecule has 0 unspecified atom stereocenters. The van der Waals surface area contributed by atoms with E-state index in [0.29, 0.717) is 11.6 Å². The molecule has 17 heavy (non-hydrogen) atoms. The first-order valence-corrected chi connectivity index (χ1v) is 4.88. The van der Waals surface area contributed by atoms with Crippen LogP contribution in [-0.4, -0.2) is 30.4 Å². The van der Waals surface area contributed by atoms with Crippen molar-refractivity contribution in [2.45, 2.75) is 13.5 Å². The van der Waals surface area contributed by atoms with E-state index >= 15 is 0 Å². The van der Waals surface area contributed by atoms with Gasteiger partial charge in [0.1, 0.15) is 12.4 Å². The molecule has 2 aromatic heterocycles. The maximum Gasteiger partial charge on any atom is 0.325 e. The first kappa shape index (κ1) is 11.1. The number of aromatic nitrogens is 4. The fourth-order valence-corrected chi connectivity index (χ4v) is 1.43. The molecule has 7 nitrogen and oxygen atoms in total. The molecular weight excluding hydrogens is 224 g/mol. The van der Waals surface area contributed by atoms with Gasteiger partial charge in [0.15, 0.2) is 5.82 Å². The molecule has 0 amide bonds. The van der Waals surface area contributed by atoms with Crippen molar-refractivity contribution < 1.29 is 9.90 Å². The van der Waals surface area contributed by atoms with Gasteiger partial charge in [0.05, 0.1) is 0 Å².